The van der Waals surface area contributed by atoms with E-state index in [0.29, 0.717) is 23.8 Å². The Bertz CT molecular complexity index is 1180. The lowest BCUT2D eigenvalue weighted by Crippen LogP contribution is -2.48. The SMILES string of the molecule is CCC[C@@]1(O)CC[C@]2(C)C3=C(CC[C@@H]2C1)C1=CC=C(C(C)Cn2cc(C#N)cn2)[C@]1(C)C=C3O. The summed E-state index contributed by atoms with van der Waals surface area (Å²) in [5, 5.41) is 36.1. The van der Waals surface area contributed by atoms with E-state index in [1.807, 2.05) is 4.68 Å². The van der Waals surface area contributed by atoms with Gasteiger partial charge in [-0.2, -0.15) is 10.4 Å². The van der Waals surface area contributed by atoms with Crippen LogP contribution in [-0.4, -0.2) is 25.6 Å². The van der Waals surface area contributed by atoms with Crippen molar-refractivity contribution in [3.63, 3.8) is 0 Å². The third-order valence-electron chi connectivity index (χ3n) is 9.32. The first-order chi connectivity index (χ1) is 16.1. The van der Waals surface area contributed by atoms with Gasteiger partial charge in [0.25, 0.3) is 0 Å². The summed E-state index contributed by atoms with van der Waals surface area (Å²) in [5.41, 5.74) is 4.68. The Morgan fingerprint density at radius 1 is 1.29 bits per heavy atom. The minimum absolute atomic E-state index is 0.0898. The van der Waals surface area contributed by atoms with Crippen LogP contribution in [-0.2, 0) is 6.54 Å². The van der Waals surface area contributed by atoms with Crippen LogP contribution in [0.5, 0.6) is 0 Å². The van der Waals surface area contributed by atoms with Gasteiger partial charge in [0.1, 0.15) is 11.8 Å². The van der Waals surface area contributed by atoms with Crippen molar-refractivity contribution in [3.05, 3.63) is 64.2 Å². The molecule has 4 aliphatic rings. The maximum absolute atomic E-state index is 11.5. The Labute approximate surface area is 203 Å². The summed E-state index contributed by atoms with van der Waals surface area (Å²) in [5.74, 6) is 1.05. The Morgan fingerprint density at radius 3 is 2.79 bits per heavy atom. The van der Waals surface area contributed by atoms with Gasteiger partial charge in [-0.05, 0) is 79.9 Å². The number of hydrogen-bond donors (Lipinski definition) is 2. The van der Waals surface area contributed by atoms with Crippen LogP contribution >= 0.6 is 0 Å². The normalized spacial score (nSPS) is 35.4. The summed E-state index contributed by atoms with van der Waals surface area (Å²) in [7, 11) is 0. The van der Waals surface area contributed by atoms with Crippen LogP contribution in [0.25, 0.3) is 0 Å². The van der Waals surface area contributed by atoms with Crippen LogP contribution < -0.4 is 0 Å². The molecular weight excluding hydrogens is 422 g/mol. The topological polar surface area (TPSA) is 82.1 Å². The molecule has 4 aliphatic carbocycles. The van der Waals surface area contributed by atoms with E-state index in [-0.39, 0.29) is 16.7 Å². The fourth-order valence-electron chi connectivity index (χ4n) is 7.60. The Kier molecular flexibility index (Phi) is 5.44. The maximum Gasteiger partial charge on any atom is 0.116 e. The molecule has 0 aromatic carbocycles. The molecule has 5 heteroatoms. The number of hydrogen-bond acceptors (Lipinski definition) is 4. The highest BCUT2D eigenvalue weighted by Gasteiger charge is 2.54. The molecule has 0 saturated heterocycles. The largest absolute Gasteiger partial charge is 0.508 e. The molecular formula is C29H37N3O2. The molecule has 1 fully saturated rings. The van der Waals surface area contributed by atoms with Gasteiger partial charge in [-0.15, -0.1) is 0 Å². The van der Waals surface area contributed by atoms with Gasteiger partial charge >= 0.3 is 0 Å². The van der Waals surface area contributed by atoms with Gasteiger partial charge in [-0.25, -0.2) is 0 Å². The summed E-state index contributed by atoms with van der Waals surface area (Å²) in [6, 6.07) is 2.15. The zero-order chi connectivity index (χ0) is 24.3. The quantitative estimate of drug-likeness (QED) is 0.553. The zero-order valence-electron chi connectivity index (χ0n) is 20.9. The van der Waals surface area contributed by atoms with E-state index in [2.05, 4.69) is 57.1 Å². The molecule has 0 spiro atoms. The highest BCUT2D eigenvalue weighted by atomic mass is 16.3. The van der Waals surface area contributed by atoms with E-state index in [1.54, 1.807) is 12.4 Å². The molecule has 0 bridgehead atoms. The second-order valence-corrected chi connectivity index (χ2v) is 11.6. The van der Waals surface area contributed by atoms with Crippen molar-refractivity contribution in [2.45, 2.75) is 84.8 Å². The molecule has 34 heavy (non-hydrogen) atoms. The Morgan fingerprint density at radius 2 is 2.09 bits per heavy atom. The molecule has 0 radical (unpaired) electrons. The minimum atomic E-state index is -0.547. The third-order valence-corrected chi connectivity index (χ3v) is 9.32. The average molecular weight is 460 g/mol. The van der Waals surface area contributed by atoms with E-state index >= 15 is 0 Å². The smallest absolute Gasteiger partial charge is 0.116 e. The first-order valence-corrected chi connectivity index (χ1v) is 12.9. The summed E-state index contributed by atoms with van der Waals surface area (Å²) in [6.07, 6.45) is 16.5. The monoisotopic (exact) mass is 459 g/mol. The van der Waals surface area contributed by atoms with Crippen LogP contribution in [0, 0.1) is 34.0 Å². The lowest BCUT2D eigenvalue weighted by atomic mass is 9.51. The van der Waals surface area contributed by atoms with E-state index in [9.17, 15) is 10.2 Å². The van der Waals surface area contributed by atoms with Gasteiger partial charge in [-0.3, -0.25) is 4.68 Å². The van der Waals surface area contributed by atoms with Gasteiger partial charge in [0.15, 0.2) is 0 Å². The number of rotatable bonds is 5. The first kappa shape index (κ1) is 23.2. The highest BCUT2D eigenvalue weighted by Crippen LogP contribution is 2.63. The molecule has 5 rings (SSSR count). The second kappa shape index (κ2) is 7.99. The number of aromatic nitrogens is 2. The highest BCUT2D eigenvalue weighted by molar-refractivity contribution is 5.63. The van der Waals surface area contributed by atoms with Crippen LogP contribution in [0.4, 0.5) is 0 Å². The maximum atomic E-state index is 11.5. The fourth-order valence-corrected chi connectivity index (χ4v) is 7.60. The molecule has 1 saturated carbocycles. The molecule has 180 valence electrons. The summed E-state index contributed by atoms with van der Waals surface area (Å²) in [4.78, 5) is 0. The molecule has 1 aromatic heterocycles. The molecule has 5 atom stereocenters. The average Bonchev–Trinajstić information content (AvgIpc) is 3.37. The summed E-state index contributed by atoms with van der Waals surface area (Å²) in [6.45, 7) is 9.59. The lowest BCUT2D eigenvalue weighted by molar-refractivity contribution is -0.0646. The minimum Gasteiger partial charge on any atom is -0.508 e. The molecule has 0 amide bonds. The van der Waals surface area contributed by atoms with Crippen molar-refractivity contribution in [2.24, 2.45) is 22.7 Å². The predicted molar refractivity (Wildman–Crippen MR) is 133 cm³/mol. The number of nitriles is 1. The van der Waals surface area contributed by atoms with Crippen molar-refractivity contribution in [3.8, 4) is 6.07 Å². The molecule has 2 N–H and O–H groups in total. The zero-order valence-corrected chi connectivity index (χ0v) is 20.9. The van der Waals surface area contributed by atoms with Gasteiger partial charge in [0.2, 0.25) is 0 Å². The van der Waals surface area contributed by atoms with Crippen LogP contribution in [0.1, 0.15) is 78.2 Å². The number of aliphatic hydroxyl groups excluding tert-OH is 1. The number of aliphatic hydroxyl groups is 2. The summed E-state index contributed by atoms with van der Waals surface area (Å²) < 4.78 is 1.84. The van der Waals surface area contributed by atoms with Crippen molar-refractivity contribution in [2.75, 3.05) is 0 Å². The fraction of sp³-hybridized carbons (Fsp3) is 0.586. The molecule has 1 unspecified atom stereocenters. The first-order valence-electron chi connectivity index (χ1n) is 12.9. The van der Waals surface area contributed by atoms with Crippen molar-refractivity contribution < 1.29 is 10.2 Å². The molecule has 1 heterocycles. The van der Waals surface area contributed by atoms with Crippen LogP contribution in [0.2, 0.25) is 0 Å². The number of fused-ring (bicyclic) bond motifs is 4. The van der Waals surface area contributed by atoms with Crippen LogP contribution in [0.3, 0.4) is 0 Å². The van der Waals surface area contributed by atoms with Gasteiger partial charge < -0.3 is 10.2 Å². The second-order valence-electron chi connectivity index (χ2n) is 11.6. The van der Waals surface area contributed by atoms with Crippen LogP contribution in [0.15, 0.2) is 58.7 Å². The number of allylic oxidation sites excluding steroid dienone is 7. The molecule has 0 aliphatic heterocycles. The molecule has 5 nitrogen and oxygen atoms in total. The lowest BCUT2D eigenvalue weighted by Gasteiger charge is -2.54. The molecule has 1 aromatic rings. The standard InChI is InChI=1S/C29H37N3O2/c1-5-10-29(34)12-11-27(3)21(13-29)6-7-22-24-9-8-23(28(24,4)14-25(33)26(22)27)19(2)17-32-18-20(15-30)16-31-32/h8-9,14,16,18-19,21,33-34H,5-7,10-13,17H2,1-4H3/t19?,21-,27+,28+,29-/m1/s1. The Balaban J connectivity index is 1.43. The number of nitrogens with zero attached hydrogens (tertiary/aromatic N) is 3. The summed E-state index contributed by atoms with van der Waals surface area (Å²) >= 11 is 0. The third kappa shape index (κ3) is 3.41. The van der Waals surface area contributed by atoms with E-state index in [4.69, 9.17) is 5.26 Å². The van der Waals surface area contributed by atoms with Gasteiger partial charge in [0, 0.05) is 23.7 Å². The predicted octanol–water partition coefficient (Wildman–Crippen LogP) is 6.15. The van der Waals surface area contributed by atoms with Crippen molar-refractivity contribution in [1.29, 1.82) is 5.26 Å². The van der Waals surface area contributed by atoms with Crippen molar-refractivity contribution >= 4 is 0 Å². The Hall–Kier alpha value is -2.58. The van der Waals surface area contributed by atoms with Gasteiger partial charge in [-0.1, -0.05) is 44.9 Å². The van der Waals surface area contributed by atoms with Crippen molar-refractivity contribution in [1.82, 2.24) is 9.78 Å². The van der Waals surface area contributed by atoms with E-state index in [1.165, 1.54) is 16.7 Å². The van der Waals surface area contributed by atoms with E-state index < -0.39 is 5.60 Å². The van der Waals surface area contributed by atoms with E-state index in [0.717, 1.165) is 50.5 Å². The van der Waals surface area contributed by atoms with Gasteiger partial charge in [0.05, 0.1) is 17.4 Å².